The van der Waals surface area contributed by atoms with Gasteiger partial charge in [0.1, 0.15) is 11.6 Å². The van der Waals surface area contributed by atoms with Gasteiger partial charge in [0.15, 0.2) is 6.61 Å². The minimum Gasteiger partial charge on any atom is -0.482 e. The number of nitrogen functional groups attached to an aromatic ring is 1. The highest BCUT2D eigenvalue weighted by atomic mass is 16.5. The molecule has 1 aliphatic rings. The molecule has 1 amide bonds. The Kier molecular flexibility index (Phi) is 2.45. The van der Waals surface area contributed by atoms with Crippen molar-refractivity contribution in [1.82, 2.24) is 10.2 Å². The van der Waals surface area contributed by atoms with Crippen LogP contribution in [0.4, 0.5) is 11.5 Å². The second-order valence-electron chi connectivity index (χ2n) is 4.53. The average molecular weight is 258 g/mol. The summed E-state index contributed by atoms with van der Waals surface area (Å²) in [5.74, 6) is 1.12. The van der Waals surface area contributed by atoms with Gasteiger partial charge in [-0.3, -0.25) is 9.89 Å². The first-order valence-corrected chi connectivity index (χ1v) is 5.92. The van der Waals surface area contributed by atoms with Crippen molar-refractivity contribution in [2.24, 2.45) is 0 Å². The number of nitrogens with two attached hydrogens (primary N) is 1. The Morgan fingerprint density at radius 1 is 1.47 bits per heavy atom. The number of hydrogen-bond acceptors (Lipinski definition) is 4. The Bertz CT molecular complexity index is 663. The largest absolute Gasteiger partial charge is 0.482 e. The van der Waals surface area contributed by atoms with E-state index in [1.165, 1.54) is 0 Å². The van der Waals surface area contributed by atoms with Gasteiger partial charge in [-0.05, 0) is 25.1 Å². The monoisotopic (exact) mass is 258 g/mol. The van der Waals surface area contributed by atoms with Crippen molar-refractivity contribution >= 4 is 17.4 Å². The van der Waals surface area contributed by atoms with Crippen LogP contribution in [0.2, 0.25) is 0 Å². The molecule has 3 N–H and O–H groups in total. The number of anilines is 2. The number of nitrogens with one attached hydrogen (secondary N) is 1. The molecular formula is C13H14N4O2. The molecule has 0 aliphatic carbocycles. The zero-order chi connectivity index (χ0) is 13.6. The van der Waals surface area contributed by atoms with E-state index in [1.54, 1.807) is 11.9 Å². The normalized spacial score (nSPS) is 14.2. The molecule has 0 atom stereocenters. The van der Waals surface area contributed by atoms with Gasteiger partial charge in [-0.2, -0.15) is 5.10 Å². The summed E-state index contributed by atoms with van der Waals surface area (Å²) in [4.78, 5) is 13.2. The van der Waals surface area contributed by atoms with Gasteiger partial charge in [0, 0.05) is 18.2 Å². The number of benzene rings is 1. The number of likely N-dealkylation sites (N-methyl/N-ethyl adjacent to an activating group) is 1. The Morgan fingerprint density at radius 2 is 2.26 bits per heavy atom. The summed E-state index contributed by atoms with van der Waals surface area (Å²) >= 11 is 0. The number of hydrogen-bond donors (Lipinski definition) is 2. The molecule has 19 heavy (non-hydrogen) atoms. The third-order valence-electron chi connectivity index (χ3n) is 3.38. The predicted molar refractivity (Wildman–Crippen MR) is 72.1 cm³/mol. The highest BCUT2D eigenvalue weighted by molar-refractivity contribution is 5.98. The van der Waals surface area contributed by atoms with Crippen LogP contribution in [-0.4, -0.2) is 29.8 Å². The molecular weight excluding hydrogens is 244 g/mol. The fraction of sp³-hybridized carbons (Fsp3) is 0.231. The molecule has 1 aromatic carbocycles. The third kappa shape index (κ3) is 1.72. The molecule has 0 unspecified atom stereocenters. The molecule has 0 radical (unpaired) electrons. The summed E-state index contributed by atoms with van der Waals surface area (Å²) in [5, 5.41) is 6.88. The molecule has 0 spiro atoms. The predicted octanol–water partition coefficient (Wildman–Crippen LogP) is 1.32. The summed E-state index contributed by atoms with van der Waals surface area (Å²) in [7, 11) is 1.74. The maximum absolute atomic E-state index is 11.6. The minimum atomic E-state index is -0.0644. The lowest BCUT2D eigenvalue weighted by molar-refractivity contribution is -0.120. The molecule has 1 aliphatic heterocycles. The number of aromatic nitrogens is 2. The van der Waals surface area contributed by atoms with Gasteiger partial charge < -0.3 is 15.4 Å². The van der Waals surface area contributed by atoms with Crippen molar-refractivity contribution in [2.75, 3.05) is 24.3 Å². The Hall–Kier alpha value is -2.50. The lowest BCUT2D eigenvalue weighted by atomic mass is 10.1. The summed E-state index contributed by atoms with van der Waals surface area (Å²) in [5.41, 5.74) is 9.15. The molecule has 2 aromatic rings. The fourth-order valence-corrected chi connectivity index (χ4v) is 2.12. The number of rotatable bonds is 1. The van der Waals surface area contributed by atoms with Crippen LogP contribution in [0.3, 0.4) is 0 Å². The molecule has 6 heteroatoms. The highest BCUT2D eigenvalue weighted by Gasteiger charge is 2.23. The molecule has 0 bridgehead atoms. The van der Waals surface area contributed by atoms with Crippen LogP contribution in [-0.2, 0) is 4.79 Å². The number of amides is 1. The van der Waals surface area contributed by atoms with Crippen molar-refractivity contribution in [3.05, 3.63) is 23.8 Å². The zero-order valence-electron chi connectivity index (χ0n) is 10.7. The lowest BCUT2D eigenvalue weighted by Gasteiger charge is -2.26. The van der Waals surface area contributed by atoms with E-state index in [1.807, 2.05) is 25.1 Å². The topological polar surface area (TPSA) is 84.2 Å². The molecule has 1 aromatic heterocycles. The molecule has 0 fully saturated rings. The first-order valence-electron chi connectivity index (χ1n) is 5.92. The number of ether oxygens (including phenoxy) is 1. The van der Waals surface area contributed by atoms with Gasteiger partial charge >= 0.3 is 0 Å². The second kappa shape index (κ2) is 4.01. The van der Waals surface area contributed by atoms with E-state index in [2.05, 4.69) is 10.2 Å². The van der Waals surface area contributed by atoms with Crippen LogP contribution < -0.4 is 15.4 Å². The van der Waals surface area contributed by atoms with E-state index in [0.717, 1.165) is 22.5 Å². The first kappa shape index (κ1) is 11.6. The van der Waals surface area contributed by atoms with Crippen LogP contribution in [0.25, 0.3) is 11.3 Å². The quantitative estimate of drug-likeness (QED) is 0.808. The van der Waals surface area contributed by atoms with Gasteiger partial charge in [0.05, 0.1) is 11.4 Å². The van der Waals surface area contributed by atoms with E-state index in [4.69, 9.17) is 10.5 Å². The van der Waals surface area contributed by atoms with E-state index in [0.29, 0.717) is 11.6 Å². The highest BCUT2D eigenvalue weighted by Crippen LogP contribution is 2.36. The third-order valence-corrected chi connectivity index (χ3v) is 3.38. The van der Waals surface area contributed by atoms with E-state index in [-0.39, 0.29) is 12.5 Å². The van der Waals surface area contributed by atoms with Crippen molar-refractivity contribution < 1.29 is 9.53 Å². The van der Waals surface area contributed by atoms with E-state index >= 15 is 0 Å². The zero-order valence-corrected chi connectivity index (χ0v) is 10.7. The Balaban J connectivity index is 2.11. The number of carbonyl (C=O) groups excluding carboxylic acids is 1. The summed E-state index contributed by atoms with van der Waals surface area (Å²) in [6.07, 6.45) is 0. The summed E-state index contributed by atoms with van der Waals surface area (Å²) in [6, 6.07) is 5.67. The minimum absolute atomic E-state index is 0.0644. The van der Waals surface area contributed by atoms with E-state index < -0.39 is 0 Å². The first-order chi connectivity index (χ1) is 9.08. The van der Waals surface area contributed by atoms with Crippen LogP contribution in [0, 0.1) is 6.92 Å². The van der Waals surface area contributed by atoms with E-state index in [9.17, 15) is 4.79 Å². The standard InChI is InChI=1S/C13H14N4O2/c1-7-12(15-16-13(7)14)8-3-4-10-9(5-8)17(2)11(18)6-19-10/h3-5H,6H2,1-2H3,(H3,14,15,16). The van der Waals surface area contributed by atoms with Crippen molar-refractivity contribution in [3.8, 4) is 17.0 Å². The average Bonchev–Trinajstić information content (AvgIpc) is 2.74. The Morgan fingerprint density at radius 3 is 2.95 bits per heavy atom. The van der Waals surface area contributed by atoms with Crippen LogP contribution >= 0.6 is 0 Å². The van der Waals surface area contributed by atoms with Gasteiger partial charge in [-0.1, -0.05) is 0 Å². The summed E-state index contributed by atoms with van der Waals surface area (Å²) < 4.78 is 5.39. The molecule has 6 nitrogen and oxygen atoms in total. The number of H-pyrrole nitrogens is 1. The number of aromatic amines is 1. The van der Waals surface area contributed by atoms with Crippen molar-refractivity contribution in [3.63, 3.8) is 0 Å². The maximum atomic E-state index is 11.6. The molecule has 3 rings (SSSR count). The molecule has 0 saturated carbocycles. The van der Waals surface area contributed by atoms with Crippen LogP contribution in [0.5, 0.6) is 5.75 Å². The second-order valence-corrected chi connectivity index (χ2v) is 4.53. The van der Waals surface area contributed by atoms with Gasteiger partial charge in [-0.15, -0.1) is 0 Å². The molecule has 0 saturated heterocycles. The van der Waals surface area contributed by atoms with Gasteiger partial charge in [-0.25, -0.2) is 0 Å². The molecule has 98 valence electrons. The van der Waals surface area contributed by atoms with Crippen LogP contribution in [0.15, 0.2) is 18.2 Å². The smallest absolute Gasteiger partial charge is 0.264 e. The number of fused-ring (bicyclic) bond motifs is 1. The number of carbonyl (C=O) groups is 1. The lowest BCUT2D eigenvalue weighted by Crippen LogP contribution is -2.35. The van der Waals surface area contributed by atoms with Crippen LogP contribution in [0.1, 0.15) is 5.56 Å². The molecule has 2 heterocycles. The SMILES string of the molecule is Cc1c(N)n[nH]c1-c1ccc2c(c1)N(C)C(=O)CO2. The van der Waals surface area contributed by atoms with Gasteiger partial charge in [0.2, 0.25) is 0 Å². The van der Waals surface area contributed by atoms with Crippen molar-refractivity contribution in [2.45, 2.75) is 6.92 Å². The summed E-state index contributed by atoms with van der Waals surface area (Å²) in [6.45, 7) is 1.98. The number of nitrogens with zero attached hydrogens (tertiary/aromatic N) is 2. The maximum Gasteiger partial charge on any atom is 0.264 e. The van der Waals surface area contributed by atoms with Gasteiger partial charge in [0.25, 0.3) is 5.91 Å². The van der Waals surface area contributed by atoms with Crippen molar-refractivity contribution in [1.29, 1.82) is 0 Å². The fourth-order valence-electron chi connectivity index (χ4n) is 2.12. The Labute approximate surface area is 110 Å².